The van der Waals surface area contributed by atoms with Gasteiger partial charge in [0.25, 0.3) is 0 Å². The summed E-state index contributed by atoms with van der Waals surface area (Å²) in [5.41, 5.74) is 7.56. The summed E-state index contributed by atoms with van der Waals surface area (Å²) >= 11 is 0. The third-order valence-electron chi connectivity index (χ3n) is 3.04. The molecule has 0 aromatic carbocycles. The van der Waals surface area contributed by atoms with Crippen LogP contribution in [0.4, 0.5) is 0 Å². The summed E-state index contributed by atoms with van der Waals surface area (Å²) in [6.07, 6.45) is 3.15. The number of aryl methyl sites for hydroxylation is 2. The first-order chi connectivity index (χ1) is 8.06. The molecule has 17 heavy (non-hydrogen) atoms. The van der Waals surface area contributed by atoms with Gasteiger partial charge in [0.2, 0.25) is 5.91 Å². The average molecular weight is 238 g/mol. The highest BCUT2D eigenvalue weighted by atomic mass is 16.2. The van der Waals surface area contributed by atoms with Crippen molar-refractivity contribution in [2.24, 2.45) is 5.73 Å². The molecule has 0 saturated heterocycles. The Morgan fingerprint density at radius 1 is 1.53 bits per heavy atom. The van der Waals surface area contributed by atoms with Gasteiger partial charge in [-0.15, -0.1) is 0 Å². The van der Waals surface area contributed by atoms with Crippen molar-refractivity contribution in [1.82, 2.24) is 14.5 Å². The van der Waals surface area contributed by atoms with E-state index in [9.17, 15) is 4.79 Å². The van der Waals surface area contributed by atoms with Crippen LogP contribution in [0.1, 0.15) is 24.2 Å². The number of aromatic nitrogens is 2. The fourth-order valence-corrected chi connectivity index (χ4v) is 1.63. The molecule has 0 fully saturated rings. The van der Waals surface area contributed by atoms with Gasteiger partial charge < -0.3 is 15.2 Å². The van der Waals surface area contributed by atoms with E-state index in [0.29, 0.717) is 19.5 Å². The third-order valence-corrected chi connectivity index (χ3v) is 3.04. The zero-order valence-electron chi connectivity index (χ0n) is 10.9. The van der Waals surface area contributed by atoms with Crippen molar-refractivity contribution in [3.05, 3.63) is 17.7 Å². The monoisotopic (exact) mass is 238 g/mol. The molecule has 5 heteroatoms. The van der Waals surface area contributed by atoms with Crippen LogP contribution in [0.25, 0.3) is 0 Å². The lowest BCUT2D eigenvalue weighted by Crippen LogP contribution is -2.29. The first-order valence-electron chi connectivity index (χ1n) is 5.98. The molecule has 0 aliphatic carbocycles. The fourth-order valence-electron chi connectivity index (χ4n) is 1.63. The second kappa shape index (κ2) is 6.39. The van der Waals surface area contributed by atoms with Gasteiger partial charge in [0.1, 0.15) is 0 Å². The Balaban J connectivity index is 2.40. The number of nitrogens with zero attached hydrogens (tertiary/aromatic N) is 3. The van der Waals surface area contributed by atoms with Gasteiger partial charge in [0.15, 0.2) is 0 Å². The van der Waals surface area contributed by atoms with E-state index >= 15 is 0 Å². The molecular formula is C12H22N4O. The van der Waals surface area contributed by atoms with Crippen molar-refractivity contribution < 1.29 is 4.79 Å². The fraction of sp³-hybridized carbons (Fsp3) is 0.667. The molecule has 1 aromatic rings. The number of carbonyl (C=O) groups is 1. The molecule has 0 aliphatic heterocycles. The Hall–Kier alpha value is -1.36. The van der Waals surface area contributed by atoms with Gasteiger partial charge in [0.05, 0.1) is 12.0 Å². The molecule has 0 atom stereocenters. The maximum atomic E-state index is 11.8. The van der Waals surface area contributed by atoms with Gasteiger partial charge in [0, 0.05) is 32.3 Å². The minimum atomic E-state index is 0.157. The first kappa shape index (κ1) is 13.7. The highest BCUT2D eigenvalue weighted by molar-refractivity contribution is 5.75. The van der Waals surface area contributed by atoms with Crippen molar-refractivity contribution in [3.8, 4) is 0 Å². The van der Waals surface area contributed by atoms with Crippen LogP contribution in [0, 0.1) is 13.8 Å². The quantitative estimate of drug-likeness (QED) is 0.793. The van der Waals surface area contributed by atoms with Crippen LogP contribution < -0.4 is 5.73 Å². The maximum absolute atomic E-state index is 11.8. The average Bonchev–Trinajstić information content (AvgIpc) is 2.64. The Kier molecular flexibility index (Phi) is 5.15. The zero-order chi connectivity index (χ0) is 12.8. The minimum Gasteiger partial charge on any atom is -0.346 e. The van der Waals surface area contributed by atoms with Crippen LogP contribution in [0.15, 0.2) is 6.33 Å². The highest BCUT2D eigenvalue weighted by Gasteiger charge is 2.09. The molecule has 1 heterocycles. The summed E-state index contributed by atoms with van der Waals surface area (Å²) in [7, 11) is 1.82. The SMILES string of the molecule is Cc1ncn(CCC(=O)N(C)CCCN)c1C. The molecule has 0 unspecified atom stereocenters. The van der Waals surface area contributed by atoms with E-state index in [4.69, 9.17) is 5.73 Å². The standard InChI is InChI=1S/C12H22N4O/c1-10-11(2)16(9-14-10)8-5-12(17)15(3)7-4-6-13/h9H,4-8,13H2,1-3H3. The van der Waals surface area contributed by atoms with Crippen molar-refractivity contribution in [2.45, 2.75) is 33.2 Å². The van der Waals surface area contributed by atoms with Crippen LogP contribution in [-0.4, -0.2) is 40.5 Å². The molecule has 2 N–H and O–H groups in total. The summed E-state index contributed by atoms with van der Waals surface area (Å²) in [4.78, 5) is 17.7. The molecule has 0 aliphatic rings. The molecule has 5 nitrogen and oxygen atoms in total. The molecule has 1 amide bonds. The van der Waals surface area contributed by atoms with Gasteiger partial charge in [-0.2, -0.15) is 0 Å². The number of hydrogen-bond donors (Lipinski definition) is 1. The third kappa shape index (κ3) is 3.85. The first-order valence-corrected chi connectivity index (χ1v) is 5.98. The summed E-state index contributed by atoms with van der Waals surface area (Å²) < 4.78 is 2.02. The van der Waals surface area contributed by atoms with E-state index in [1.54, 1.807) is 11.2 Å². The van der Waals surface area contributed by atoms with Crippen LogP contribution >= 0.6 is 0 Å². The predicted octanol–water partition coefficient (Wildman–Crippen LogP) is 0.697. The summed E-state index contributed by atoms with van der Waals surface area (Å²) in [5.74, 6) is 0.157. The smallest absolute Gasteiger partial charge is 0.224 e. The van der Waals surface area contributed by atoms with Gasteiger partial charge in [-0.1, -0.05) is 0 Å². The Bertz CT molecular complexity index is 373. The van der Waals surface area contributed by atoms with Crippen LogP contribution in [0.2, 0.25) is 0 Å². The van der Waals surface area contributed by atoms with Crippen LogP contribution in [-0.2, 0) is 11.3 Å². The lowest BCUT2D eigenvalue weighted by Gasteiger charge is -2.16. The van der Waals surface area contributed by atoms with Gasteiger partial charge in [-0.3, -0.25) is 4.79 Å². The summed E-state index contributed by atoms with van der Waals surface area (Å²) in [6.45, 7) is 6.04. The van der Waals surface area contributed by atoms with Gasteiger partial charge in [-0.05, 0) is 26.8 Å². The molecule has 0 radical (unpaired) electrons. The Labute approximate surface area is 103 Å². The van der Waals surface area contributed by atoms with Crippen molar-refractivity contribution in [1.29, 1.82) is 0 Å². The molecule has 96 valence electrons. The Morgan fingerprint density at radius 3 is 2.76 bits per heavy atom. The van der Waals surface area contributed by atoms with E-state index < -0.39 is 0 Å². The number of carbonyl (C=O) groups excluding carboxylic acids is 1. The Morgan fingerprint density at radius 2 is 2.24 bits per heavy atom. The normalized spacial score (nSPS) is 10.6. The van der Waals surface area contributed by atoms with Crippen molar-refractivity contribution >= 4 is 5.91 Å². The molecule has 0 saturated carbocycles. The van der Waals surface area contributed by atoms with Crippen LogP contribution in [0.5, 0.6) is 0 Å². The predicted molar refractivity (Wildman–Crippen MR) is 67.6 cm³/mol. The summed E-state index contributed by atoms with van der Waals surface area (Å²) in [5, 5.41) is 0. The zero-order valence-corrected chi connectivity index (χ0v) is 10.9. The van der Waals surface area contributed by atoms with Gasteiger partial charge in [-0.25, -0.2) is 4.98 Å². The van der Waals surface area contributed by atoms with E-state index in [1.165, 1.54) is 0 Å². The summed E-state index contributed by atoms with van der Waals surface area (Å²) in [6, 6.07) is 0. The van der Waals surface area contributed by atoms with Crippen molar-refractivity contribution in [3.63, 3.8) is 0 Å². The second-order valence-corrected chi connectivity index (χ2v) is 4.32. The molecular weight excluding hydrogens is 216 g/mol. The van der Waals surface area contributed by atoms with E-state index in [-0.39, 0.29) is 5.91 Å². The molecule has 1 rings (SSSR count). The highest BCUT2D eigenvalue weighted by Crippen LogP contribution is 2.05. The number of hydrogen-bond acceptors (Lipinski definition) is 3. The van der Waals surface area contributed by atoms with E-state index in [0.717, 1.165) is 24.4 Å². The number of nitrogens with two attached hydrogens (primary N) is 1. The van der Waals surface area contributed by atoms with E-state index in [2.05, 4.69) is 4.98 Å². The van der Waals surface area contributed by atoms with Crippen LogP contribution in [0.3, 0.4) is 0 Å². The maximum Gasteiger partial charge on any atom is 0.224 e. The van der Waals surface area contributed by atoms with Gasteiger partial charge >= 0.3 is 0 Å². The number of rotatable bonds is 6. The van der Waals surface area contributed by atoms with E-state index in [1.807, 2.05) is 25.5 Å². The largest absolute Gasteiger partial charge is 0.346 e. The molecule has 0 bridgehead atoms. The minimum absolute atomic E-state index is 0.157. The van der Waals surface area contributed by atoms with Crippen molar-refractivity contribution in [2.75, 3.05) is 20.1 Å². The second-order valence-electron chi connectivity index (χ2n) is 4.32. The lowest BCUT2D eigenvalue weighted by molar-refractivity contribution is -0.130. The lowest BCUT2D eigenvalue weighted by atomic mass is 10.3. The molecule has 1 aromatic heterocycles. The topological polar surface area (TPSA) is 64.2 Å². The number of amides is 1. The number of imidazole rings is 1. The molecule has 0 spiro atoms.